The molecule has 7 heteroatoms. The molecule has 23 heavy (non-hydrogen) atoms. The van der Waals surface area contributed by atoms with Crippen LogP contribution < -0.4 is 5.32 Å². The SMILES string of the molecule is Cc1nc(C2CCN(C(=O)NCCC3CCCOC3)CC2)n[nH]1. The summed E-state index contributed by atoms with van der Waals surface area (Å²) in [4.78, 5) is 18.6. The number of urea groups is 1. The van der Waals surface area contributed by atoms with Crippen LogP contribution in [-0.4, -0.2) is 59.0 Å². The molecular weight excluding hydrogens is 294 g/mol. The fourth-order valence-electron chi connectivity index (χ4n) is 3.41. The largest absolute Gasteiger partial charge is 0.381 e. The molecule has 2 N–H and O–H groups in total. The molecule has 2 fully saturated rings. The van der Waals surface area contributed by atoms with Crippen LogP contribution in [0.4, 0.5) is 4.79 Å². The molecule has 7 nitrogen and oxygen atoms in total. The zero-order valence-corrected chi connectivity index (χ0v) is 13.9. The number of hydrogen-bond acceptors (Lipinski definition) is 4. The fraction of sp³-hybridized carbons (Fsp3) is 0.812. The van der Waals surface area contributed by atoms with Gasteiger partial charge in [0.2, 0.25) is 0 Å². The van der Waals surface area contributed by atoms with Gasteiger partial charge < -0.3 is 15.0 Å². The number of H-pyrrole nitrogens is 1. The van der Waals surface area contributed by atoms with E-state index < -0.39 is 0 Å². The maximum atomic E-state index is 12.2. The summed E-state index contributed by atoms with van der Waals surface area (Å²) in [5.74, 6) is 2.71. The monoisotopic (exact) mass is 321 g/mol. The molecule has 2 aliphatic heterocycles. The van der Waals surface area contributed by atoms with Crippen LogP contribution in [0.5, 0.6) is 0 Å². The van der Waals surface area contributed by atoms with Crippen molar-refractivity contribution in [2.75, 3.05) is 32.8 Å². The molecule has 1 aromatic heterocycles. The average Bonchev–Trinajstić information content (AvgIpc) is 3.02. The molecule has 3 rings (SSSR count). The second kappa shape index (κ2) is 7.77. The standard InChI is InChI=1S/C16H27N5O2/c1-12-18-15(20-19-12)14-5-8-21(9-6-14)16(22)17-7-4-13-3-2-10-23-11-13/h13-14H,2-11H2,1H3,(H,17,22)(H,18,19,20). The minimum absolute atomic E-state index is 0.0614. The Kier molecular flexibility index (Phi) is 5.48. The highest BCUT2D eigenvalue weighted by Crippen LogP contribution is 2.25. The van der Waals surface area contributed by atoms with Crippen LogP contribution in [0.1, 0.15) is 49.7 Å². The molecule has 1 atom stereocenters. The number of ether oxygens (including phenoxy) is 1. The summed E-state index contributed by atoms with van der Waals surface area (Å²) in [6.07, 6.45) is 5.24. The van der Waals surface area contributed by atoms with E-state index in [1.54, 1.807) is 0 Å². The van der Waals surface area contributed by atoms with Crippen molar-refractivity contribution in [3.63, 3.8) is 0 Å². The van der Waals surface area contributed by atoms with Crippen LogP contribution in [0.25, 0.3) is 0 Å². The molecular formula is C16H27N5O2. The lowest BCUT2D eigenvalue weighted by atomic mass is 9.96. The third kappa shape index (κ3) is 4.43. The first-order chi connectivity index (χ1) is 11.2. The molecule has 0 spiro atoms. The van der Waals surface area contributed by atoms with Crippen LogP contribution in [0, 0.1) is 12.8 Å². The molecule has 0 saturated carbocycles. The molecule has 0 aliphatic carbocycles. The second-order valence-corrected chi connectivity index (χ2v) is 6.64. The zero-order valence-electron chi connectivity index (χ0n) is 13.9. The van der Waals surface area contributed by atoms with Gasteiger partial charge in [0.15, 0.2) is 5.82 Å². The zero-order chi connectivity index (χ0) is 16.1. The molecule has 2 amide bonds. The number of piperidine rings is 1. The van der Waals surface area contributed by atoms with Crippen LogP contribution in [0.2, 0.25) is 0 Å². The summed E-state index contributed by atoms with van der Waals surface area (Å²) >= 11 is 0. The Morgan fingerprint density at radius 2 is 2.22 bits per heavy atom. The number of aromatic nitrogens is 3. The number of amides is 2. The van der Waals surface area contributed by atoms with E-state index in [9.17, 15) is 4.79 Å². The summed E-state index contributed by atoms with van der Waals surface area (Å²) in [7, 11) is 0. The Balaban J connectivity index is 1.36. The van der Waals surface area contributed by atoms with E-state index in [1.807, 2.05) is 11.8 Å². The van der Waals surface area contributed by atoms with Crippen LogP contribution in [-0.2, 0) is 4.74 Å². The van der Waals surface area contributed by atoms with Crippen molar-refractivity contribution < 1.29 is 9.53 Å². The Morgan fingerprint density at radius 3 is 2.87 bits per heavy atom. The summed E-state index contributed by atoms with van der Waals surface area (Å²) < 4.78 is 5.47. The summed E-state index contributed by atoms with van der Waals surface area (Å²) in [6, 6.07) is 0.0614. The van der Waals surface area contributed by atoms with Gasteiger partial charge in [-0.25, -0.2) is 9.78 Å². The van der Waals surface area contributed by atoms with Crippen molar-refractivity contribution in [2.45, 2.75) is 44.9 Å². The maximum absolute atomic E-state index is 12.2. The van der Waals surface area contributed by atoms with E-state index in [0.717, 1.165) is 70.2 Å². The first-order valence-electron chi connectivity index (χ1n) is 8.72. The van der Waals surface area contributed by atoms with E-state index in [2.05, 4.69) is 20.5 Å². The summed E-state index contributed by atoms with van der Waals surface area (Å²) in [5, 5.41) is 10.2. The van der Waals surface area contributed by atoms with Crippen LogP contribution in [0.3, 0.4) is 0 Å². The van der Waals surface area contributed by atoms with Gasteiger partial charge in [-0.1, -0.05) is 0 Å². The van der Waals surface area contributed by atoms with Crippen LogP contribution >= 0.6 is 0 Å². The number of nitrogens with zero attached hydrogens (tertiary/aromatic N) is 3. The Morgan fingerprint density at radius 1 is 1.39 bits per heavy atom. The van der Waals surface area contributed by atoms with Gasteiger partial charge in [0.1, 0.15) is 5.82 Å². The number of hydrogen-bond donors (Lipinski definition) is 2. The normalized spacial score (nSPS) is 23.0. The highest BCUT2D eigenvalue weighted by atomic mass is 16.5. The number of nitrogens with one attached hydrogen (secondary N) is 2. The van der Waals surface area contributed by atoms with Crippen molar-refractivity contribution in [3.8, 4) is 0 Å². The molecule has 1 aromatic rings. The third-order valence-electron chi connectivity index (χ3n) is 4.85. The highest BCUT2D eigenvalue weighted by molar-refractivity contribution is 5.74. The van der Waals surface area contributed by atoms with Gasteiger partial charge in [0.05, 0.1) is 0 Å². The Labute approximate surface area is 137 Å². The van der Waals surface area contributed by atoms with E-state index in [0.29, 0.717) is 11.8 Å². The fourth-order valence-corrected chi connectivity index (χ4v) is 3.41. The van der Waals surface area contributed by atoms with Gasteiger partial charge in [-0.3, -0.25) is 5.10 Å². The number of aryl methyl sites for hydroxylation is 1. The Bertz CT molecular complexity index is 504. The molecule has 0 aromatic carbocycles. The molecule has 2 aliphatic rings. The third-order valence-corrected chi connectivity index (χ3v) is 4.85. The molecule has 0 radical (unpaired) electrons. The maximum Gasteiger partial charge on any atom is 0.317 e. The van der Waals surface area contributed by atoms with Crippen LogP contribution in [0.15, 0.2) is 0 Å². The molecule has 0 bridgehead atoms. The molecule has 3 heterocycles. The minimum Gasteiger partial charge on any atom is -0.381 e. The number of aromatic amines is 1. The van der Waals surface area contributed by atoms with Gasteiger partial charge in [0, 0.05) is 38.8 Å². The van der Waals surface area contributed by atoms with E-state index in [-0.39, 0.29) is 6.03 Å². The number of rotatable bonds is 4. The van der Waals surface area contributed by atoms with Crippen molar-refractivity contribution in [1.29, 1.82) is 0 Å². The topological polar surface area (TPSA) is 83.1 Å². The smallest absolute Gasteiger partial charge is 0.317 e. The van der Waals surface area contributed by atoms with Crippen molar-refractivity contribution in [1.82, 2.24) is 25.4 Å². The van der Waals surface area contributed by atoms with E-state index in [4.69, 9.17) is 4.74 Å². The van der Waals surface area contributed by atoms with E-state index >= 15 is 0 Å². The number of carbonyl (C=O) groups is 1. The Hall–Kier alpha value is -1.63. The van der Waals surface area contributed by atoms with Gasteiger partial charge >= 0.3 is 6.03 Å². The summed E-state index contributed by atoms with van der Waals surface area (Å²) in [5.41, 5.74) is 0. The lowest BCUT2D eigenvalue weighted by Gasteiger charge is -2.31. The second-order valence-electron chi connectivity index (χ2n) is 6.64. The number of likely N-dealkylation sites (tertiary alicyclic amines) is 1. The van der Waals surface area contributed by atoms with Crippen molar-refractivity contribution >= 4 is 6.03 Å². The van der Waals surface area contributed by atoms with Crippen molar-refractivity contribution in [3.05, 3.63) is 11.6 Å². The summed E-state index contributed by atoms with van der Waals surface area (Å²) in [6.45, 7) is 5.94. The predicted octanol–water partition coefficient (Wildman–Crippen LogP) is 1.82. The predicted molar refractivity (Wildman–Crippen MR) is 86.2 cm³/mol. The lowest BCUT2D eigenvalue weighted by Crippen LogP contribution is -2.44. The first-order valence-corrected chi connectivity index (χ1v) is 8.72. The molecule has 1 unspecified atom stereocenters. The minimum atomic E-state index is 0.0614. The van der Waals surface area contributed by atoms with Gasteiger partial charge in [-0.05, 0) is 44.9 Å². The highest BCUT2D eigenvalue weighted by Gasteiger charge is 2.26. The lowest BCUT2D eigenvalue weighted by molar-refractivity contribution is 0.0518. The van der Waals surface area contributed by atoms with E-state index in [1.165, 1.54) is 6.42 Å². The molecule has 128 valence electrons. The molecule has 2 saturated heterocycles. The first kappa shape index (κ1) is 16.2. The van der Waals surface area contributed by atoms with Gasteiger partial charge in [-0.15, -0.1) is 0 Å². The van der Waals surface area contributed by atoms with Gasteiger partial charge in [-0.2, -0.15) is 5.10 Å². The van der Waals surface area contributed by atoms with Crippen molar-refractivity contribution in [2.24, 2.45) is 5.92 Å². The van der Waals surface area contributed by atoms with Gasteiger partial charge in [0.25, 0.3) is 0 Å². The average molecular weight is 321 g/mol. The quantitative estimate of drug-likeness (QED) is 0.886. The number of carbonyl (C=O) groups excluding carboxylic acids is 1.